The fourth-order valence-electron chi connectivity index (χ4n) is 4.96. The zero-order valence-electron chi connectivity index (χ0n) is 30.1. The van der Waals surface area contributed by atoms with E-state index in [1.807, 2.05) is 29.8 Å². The molecular weight excluding hydrogens is 1060 g/mol. The first kappa shape index (κ1) is 48.0. The normalized spacial score (nSPS) is 11.6. The second-order valence-electron chi connectivity index (χ2n) is 12.4. The highest BCUT2D eigenvalue weighted by Crippen LogP contribution is 2.38. The second-order valence-corrected chi connectivity index (χ2v) is 19.3. The van der Waals surface area contributed by atoms with Crippen molar-refractivity contribution in [1.82, 2.24) is 0 Å². The number of anilines is 2. The van der Waals surface area contributed by atoms with Gasteiger partial charge in [0.1, 0.15) is 24.7 Å². The molecule has 12 nitrogen and oxygen atoms in total. The molecule has 0 spiro atoms. The summed E-state index contributed by atoms with van der Waals surface area (Å²) in [5.74, 6) is -0.884. The lowest BCUT2D eigenvalue weighted by Crippen LogP contribution is -2.13. The summed E-state index contributed by atoms with van der Waals surface area (Å²) in [5, 5.41) is 17.6. The van der Waals surface area contributed by atoms with Crippen LogP contribution in [-0.4, -0.2) is 51.5 Å². The number of benzene rings is 4. The number of rotatable bonds is 16. The van der Waals surface area contributed by atoms with Crippen LogP contribution in [0.3, 0.4) is 0 Å². The number of alkyl halides is 3. The van der Waals surface area contributed by atoms with Gasteiger partial charge in [0.05, 0.1) is 41.7 Å². The Labute approximate surface area is 361 Å². The van der Waals surface area contributed by atoms with Gasteiger partial charge in [-0.15, -0.1) is 0 Å². The van der Waals surface area contributed by atoms with Crippen molar-refractivity contribution < 1.29 is 59.3 Å². The zero-order valence-corrected chi connectivity index (χ0v) is 38.1. The van der Waals surface area contributed by atoms with Crippen molar-refractivity contribution in [2.24, 2.45) is 0 Å². The number of carboxylic acids is 2. The molecule has 0 saturated heterocycles. The van der Waals surface area contributed by atoms with Gasteiger partial charge in [0.15, 0.2) is 0 Å². The van der Waals surface area contributed by atoms with E-state index in [2.05, 4.69) is 68.4 Å². The third-order valence-electron chi connectivity index (χ3n) is 7.49. The molecule has 4 rings (SSSR count). The Kier molecular flexibility index (Phi) is 17.3. The maximum absolute atomic E-state index is 13.2. The van der Waals surface area contributed by atoms with Gasteiger partial charge in [-0.25, -0.2) is 16.8 Å². The van der Waals surface area contributed by atoms with E-state index in [9.17, 15) is 39.6 Å². The summed E-state index contributed by atoms with van der Waals surface area (Å²) in [4.78, 5) is 21.4. The standard InChI is InChI=1S/C18H16Br2F3NO5S.C18H19Br2NO5S/c1-30(27,28)24-13-5-11(4-12(8-13)18(21,22)23)9-29-17-14(19)6-10(7-15(17)20)2-3-16(25)26;1-11-13(4-3-5-16(11)21-27(2,24)25)10-26-18-14(19)8-12(9-15(18)20)6-7-17(22)23/h4-8,24H,2-3,9H2,1H3,(H,25,26);3-5,8-9,21H,6-7,10H2,1-2H3,(H,22,23). The number of hydrogen-bond acceptors (Lipinski definition) is 8. The molecule has 0 saturated carbocycles. The van der Waals surface area contributed by atoms with Crippen LogP contribution in [0.15, 0.2) is 78.6 Å². The molecule has 0 aromatic heterocycles. The molecule has 0 aliphatic carbocycles. The molecule has 310 valence electrons. The summed E-state index contributed by atoms with van der Waals surface area (Å²) >= 11 is 13.5. The Morgan fingerprint density at radius 1 is 0.684 bits per heavy atom. The summed E-state index contributed by atoms with van der Waals surface area (Å²) in [5.41, 5.74) is 2.60. The van der Waals surface area contributed by atoms with Gasteiger partial charge < -0.3 is 19.7 Å². The Hall–Kier alpha value is -3.37. The van der Waals surface area contributed by atoms with Gasteiger partial charge in [0.25, 0.3) is 0 Å². The predicted octanol–water partition coefficient (Wildman–Crippen LogP) is 9.69. The average Bonchev–Trinajstić information content (AvgIpc) is 3.05. The van der Waals surface area contributed by atoms with E-state index in [1.54, 1.807) is 24.3 Å². The third kappa shape index (κ3) is 16.4. The van der Waals surface area contributed by atoms with Gasteiger partial charge in [-0.1, -0.05) is 12.1 Å². The van der Waals surface area contributed by atoms with E-state index in [0.717, 1.165) is 40.8 Å². The van der Waals surface area contributed by atoms with Crippen LogP contribution < -0.4 is 18.9 Å². The number of aryl methyl sites for hydroxylation is 2. The van der Waals surface area contributed by atoms with Crippen molar-refractivity contribution >= 4 is 107 Å². The molecule has 0 heterocycles. The van der Waals surface area contributed by atoms with Crippen molar-refractivity contribution in [3.05, 3.63) is 112 Å². The first-order valence-corrected chi connectivity index (χ1v) is 23.2. The second kappa shape index (κ2) is 20.5. The number of carbonyl (C=O) groups is 2. The lowest BCUT2D eigenvalue weighted by Gasteiger charge is -2.15. The number of carboxylic acid groups (broad SMARTS) is 2. The number of hydrogen-bond donors (Lipinski definition) is 4. The van der Waals surface area contributed by atoms with Crippen molar-refractivity contribution in [2.75, 3.05) is 22.0 Å². The van der Waals surface area contributed by atoms with Crippen molar-refractivity contribution in [3.8, 4) is 11.5 Å². The molecule has 0 aliphatic heterocycles. The number of sulfonamides is 2. The van der Waals surface area contributed by atoms with Crippen molar-refractivity contribution in [3.63, 3.8) is 0 Å². The lowest BCUT2D eigenvalue weighted by molar-refractivity contribution is -0.138. The number of nitrogens with one attached hydrogen (secondary N) is 2. The summed E-state index contributed by atoms with van der Waals surface area (Å²) in [7, 11) is -7.13. The molecule has 0 radical (unpaired) electrons. The van der Waals surface area contributed by atoms with E-state index in [-0.39, 0.29) is 37.3 Å². The molecule has 0 atom stereocenters. The van der Waals surface area contributed by atoms with E-state index in [1.165, 1.54) is 6.07 Å². The van der Waals surface area contributed by atoms with E-state index in [4.69, 9.17) is 19.7 Å². The number of ether oxygens (including phenoxy) is 2. The first-order valence-electron chi connectivity index (χ1n) is 16.2. The maximum Gasteiger partial charge on any atom is 0.416 e. The monoisotopic (exact) mass is 1090 g/mol. The molecule has 21 heteroatoms. The predicted molar refractivity (Wildman–Crippen MR) is 224 cm³/mol. The third-order valence-corrected chi connectivity index (χ3v) is 11.0. The van der Waals surface area contributed by atoms with Crippen LogP contribution in [0, 0.1) is 6.92 Å². The van der Waals surface area contributed by atoms with Gasteiger partial charge in [-0.05, 0) is 160 Å². The van der Waals surface area contributed by atoms with Gasteiger partial charge >= 0.3 is 18.1 Å². The van der Waals surface area contributed by atoms with Crippen LogP contribution >= 0.6 is 63.7 Å². The molecule has 0 aliphatic rings. The van der Waals surface area contributed by atoms with E-state index < -0.39 is 43.7 Å². The zero-order chi connectivity index (χ0) is 42.9. The minimum absolute atomic E-state index is 0.0540. The minimum Gasteiger partial charge on any atom is -0.487 e. The van der Waals surface area contributed by atoms with Crippen LogP contribution in [-0.2, 0) is 61.9 Å². The maximum atomic E-state index is 13.2. The molecule has 0 unspecified atom stereocenters. The van der Waals surface area contributed by atoms with Crippen LogP contribution in [0.2, 0.25) is 0 Å². The van der Waals surface area contributed by atoms with Gasteiger partial charge in [0.2, 0.25) is 20.0 Å². The highest BCUT2D eigenvalue weighted by Gasteiger charge is 2.31. The molecule has 4 aromatic rings. The Bertz CT molecular complexity index is 2300. The fourth-order valence-corrected chi connectivity index (χ4v) is 9.15. The molecule has 57 heavy (non-hydrogen) atoms. The summed E-state index contributed by atoms with van der Waals surface area (Å²) in [6.45, 7) is 1.80. The van der Waals surface area contributed by atoms with Crippen LogP contribution in [0.4, 0.5) is 24.5 Å². The molecule has 0 amide bonds. The Balaban J connectivity index is 0.000000307. The van der Waals surface area contributed by atoms with Crippen LogP contribution in [0.5, 0.6) is 11.5 Å². The van der Waals surface area contributed by atoms with Crippen molar-refractivity contribution in [1.29, 1.82) is 0 Å². The van der Waals surface area contributed by atoms with Gasteiger partial charge in [0, 0.05) is 18.5 Å². The number of aliphatic carboxylic acids is 2. The smallest absolute Gasteiger partial charge is 0.416 e. The Morgan fingerprint density at radius 2 is 1.14 bits per heavy atom. The highest BCUT2D eigenvalue weighted by atomic mass is 79.9. The molecule has 0 fully saturated rings. The quantitative estimate of drug-likeness (QED) is 0.0842. The van der Waals surface area contributed by atoms with Gasteiger partial charge in [-0.2, -0.15) is 13.2 Å². The van der Waals surface area contributed by atoms with Gasteiger partial charge in [-0.3, -0.25) is 19.0 Å². The molecule has 4 aromatic carbocycles. The average molecular weight is 1100 g/mol. The SMILES string of the molecule is CS(=O)(=O)Nc1cc(COc2c(Br)cc(CCC(=O)O)cc2Br)cc(C(F)(F)F)c1.Cc1c(COc2c(Br)cc(CCC(=O)O)cc2Br)cccc1NS(C)(=O)=O. The molecule has 4 N–H and O–H groups in total. The first-order chi connectivity index (χ1) is 26.3. The molecular formula is C36H35Br4F3N2O10S2. The fraction of sp³-hybridized carbons (Fsp3) is 0.278. The van der Waals surface area contributed by atoms with E-state index >= 15 is 0 Å². The summed E-state index contributed by atoms with van der Waals surface area (Å²) < 4.78 is 104. The van der Waals surface area contributed by atoms with Crippen molar-refractivity contribution in [2.45, 2.75) is 52.0 Å². The Morgan fingerprint density at radius 3 is 1.56 bits per heavy atom. The molecule has 0 bridgehead atoms. The number of halogens is 7. The minimum atomic E-state index is -4.67. The summed E-state index contributed by atoms with van der Waals surface area (Å²) in [6.07, 6.45) is -2.01. The summed E-state index contributed by atoms with van der Waals surface area (Å²) in [6, 6.07) is 15.1. The highest BCUT2D eigenvalue weighted by molar-refractivity contribution is 9.11. The largest absolute Gasteiger partial charge is 0.487 e. The van der Waals surface area contributed by atoms with Crippen LogP contribution in [0.1, 0.15) is 46.2 Å². The lowest BCUT2D eigenvalue weighted by atomic mass is 10.1. The van der Waals surface area contributed by atoms with Crippen LogP contribution in [0.25, 0.3) is 0 Å². The topological polar surface area (TPSA) is 185 Å². The van der Waals surface area contributed by atoms with E-state index in [0.29, 0.717) is 54.0 Å².